The van der Waals surface area contributed by atoms with Crippen LogP contribution in [0.5, 0.6) is 17.2 Å². The van der Waals surface area contributed by atoms with E-state index in [9.17, 15) is 0 Å². The highest BCUT2D eigenvalue weighted by molar-refractivity contribution is 5.79. The Hall–Kier alpha value is -3.98. The van der Waals surface area contributed by atoms with Crippen LogP contribution in [-0.4, -0.2) is 20.4 Å². The Morgan fingerprint density at radius 2 is 1.70 bits per heavy atom. The molecule has 0 atom stereocenters. The van der Waals surface area contributed by atoms with Gasteiger partial charge in [-0.2, -0.15) is 10.4 Å². The molecule has 3 rings (SSSR count). The van der Waals surface area contributed by atoms with Crippen molar-refractivity contribution >= 4 is 6.21 Å². The zero-order chi connectivity index (χ0) is 21.2. The molecular weight excluding hydrogens is 378 g/mol. The van der Waals surface area contributed by atoms with E-state index in [0.29, 0.717) is 30.2 Å². The fraction of sp³-hybridized carbons (Fsp3) is 0.167. The maximum Gasteiger partial charge on any atom is 0.161 e. The summed E-state index contributed by atoms with van der Waals surface area (Å²) in [5.41, 5.74) is 6.63. The van der Waals surface area contributed by atoms with Crippen LogP contribution in [-0.2, 0) is 13.2 Å². The Balaban J connectivity index is 1.53. The van der Waals surface area contributed by atoms with Gasteiger partial charge in [-0.25, -0.2) is 0 Å². The number of hydrogen-bond donors (Lipinski definition) is 1. The Morgan fingerprint density at radius 1 is 0.933 bits per heavy atom. The van der Waals surface area contributed by atoms with Crippen molar-refractivity contribution < 1.29 is 14.2 Å². The van der Waals surface area contributed by atoms with Gasteiger partial charge >= 0.3 is 0 Å². The lowest BCUT2D eigenvalue weighted by Gasteiger charge is -2.09. The maximum atomic E-state index is 8.86. The number of rotatable bonds is 9. The highest BCUT2D eigenvalue weighted by Gasteiger charge is 2.04. The van der Waals surface area contributed by atoms with Gasteiger partial charge < -0.3 is 19.6 Å². The maximum absolute atomic E-state index is 8.86. The summed E-state index contributed by atoms with van der Waals surface area (Å²) in [6, 6.07) is 22.9. The molecule has 0 fully saturated rings. The fourth-order valence-electron chi connectivity index (χ4n) is 2.77. The monoisotopic (exact) mass is 401 g/mol. The summed E-state index contributed by atoms with van der Waals surface area (Å²) in [4.78, 5) is 0. The molecular formula is C24H23N3O3. The van der Waals surface area contributed by atoms with Gasteiger partial charge in [0.2, 0.25) is 0 Å². The molecule has 0 heterocycles. The highest BCUT2D eigenvalue weighted by atomic mass is 16.5. The summed E-state index contributed by atoms with van der Waals surface area (Å²) in [6.07, 6.45) is 1.75. The van der Waals surface area contributed by atoms with E-state index in [0.717, 1.165) is 22.4 Å². The number of hydrazone groups is 1. The van der Waals surface area contributed by atoms with Crippen molar-refractivity contribution in [2.45, 2.75) is 13.2 Å². The van der Waals surface area contributed by atoms with Gasteiger partial charge in [0.1, 0.15) is 12.4 Å². The predicted molar refractivity (Wildman–Crippen MR) is 116 cm³/mol. The third-order valence-corrected chi connectivity index (χ3v) is 4.38. The largest absolute Gasteiger partial charge is 0.493 e. The minimum atomic E-state index is 0.434. The molecule has 0 amide bonds. The molecule has 0 aliphatic rings. The molecule has 152 valence electrons. The highest BCUT2D eigenvalue weighted by Crippen LogP contribution is 2.27. The second-order valence-electron chi connectivity index (χ2n) is 6.45. The lowest BCUT2D eigenvalue weighted by atomic mass is 10.1. The van der Waals surface area contributed by atoms with Crippen LogP contribution in [0.4, 0.5) is 0 Å². The van der Waals surface area contributed by atoms with Gasteiger partial charge in [0.15, 0.2) is 11.5 Å². The van der Waals surface area contributed by atoms with Crippen molar-refractivity contribution in [2.24, 2.45) is 5.10 Å². The molecule has 0 radical (unpaired) electrons. The number of hydrogen-bond acceptors (Lipinski definition) is 6. The minimum absolute atomic E-state index is 0.434. The quantitative estimate of drug-likeness (QED) is 0.428. The zero-order valence-electron chi connectivity index (χ0n) is 17.0. The molecule has 3 aromatic rings. The number of nitriles is 1. The van der Waals surface area contributed by atoms with Crippen molar-refractivity contribution in [3.05, 3.63) is 89.0 Å². The Labute approximate surface area is 176 Å². The van der Waals surface area contributed by atoms with Crippen molar-refractivity contribution in [3.8, 4) is 23.3 Å². The summed E-state index contributed by atoms with van der Waals surface area (Å²) in [6.45, 7) is 0.996. The summed E-state index contributed by atoms with van der Waals surface area (Å²) >= 11 is 0. The SMILES string of the molecule is COc1ccc(CN/N=C\c2cccc(OCc3ccc(C#N)cc3)c2)cc1OC. The van der Waals surface area contributed by atoms with Crippen LogP contribution in [0.15, 0.2) is 71.8 Å². The number of benzene rings is 3. The summed E-state index contributed by atoms with van der Waals surface area (Å²) < 4.78 is 16.4. The summed E-state index contributed by atoms with van der Waals surface area (Å²) in [5, 5.41) is 13.1. The van der Waals surface area contributed by atoms with E-state index in [-0.39, 0.29) is 0 Å². The molecule has 6 heteroatoms. The molecule has 0 aliphatic carbocycles. The first-order valence-corrected chi connectivity index (χ1v) is 9.40. The number of methoxy groups -OCH3 is 2. The molecule has 1 N–H and O–H groups in total. The van der Waals surface area contributed by atoms with Gasteiger partial charge in [-0.15, -0.1) is 0 Å². The normalized spacial score (nSPS) is 10.4. The fourth-order valence-corrected chi connectivity index (χ4v) is 2.77. The first-order valence-electron chi connectivity index (χ1n) is 9.40. The first-order chi connectivity index (χ1) is 14.7. The van der Waals surface area contributed by atoms with Gasteiger partial charge in [0.25, 0.3) is 0 Å². The molecule has 3 aromatic carbocycles. The summed E-state index contributed by atoms with van der Waals surface area (Å²) in [5.74, 6) is 2.14. The lowest BCUT2D eigenvalue weighted by Crippen LogP contribution is -2.06. The van der Waals surface area contributed by atoms with Gasteiger partial charge in [0.05, 0.1) is 38.6 Å². The molecule has 0 spiro atoms. The lowest BCUT2D eigenvalue weighted by molar-refractivity contribution is 0.306. The molecule has 0 aromatic heterocycles. The predicted octanol–water partition coefficient (Wildman–Crippen LogP) is 4.28. The van der Waals surface area contributed by atoms with Crippen LogP contribution < -0.4 is 19.6 Å². The van der Waals surface area contributed by atoms with Crippen molar-refractivity contribution in [1.82, 2.24) is 5.43 Å². The molecule has 6 nitrogen and oxygen atoms in total. The molecule has 0 saturated carbocycles. The van der Waals surface area contributed by atoms with E-state index >= 15 is 0 Å². The standard InChI is InChI=1S/C24H23N3O3/c1-28-23-11-10-21(13-24(23)29-2)16-27-26-15-20-4-3-5-22(12-20)30-17-19-8-6-18(14-25)7-9-19/h3-13,15,27H,16-17H2,1-2H3/b26-15-. The second-order valence-corrected chi connectivity index (χ2v) is 6.45. The second kappa shape index (κ2) is 10.5. The van der Waals surface area contributed by atoms with Crippen molar-refractivity contribution in [1.29, 1.82) is 5.26 Å². The first kappa shape index (κ1) is 20.7. The van der Waals surface area contributed by atoms with E-state index in [1.54, 1.807) is 32.6 Å². The number of ether oxygens (including phenoxy) is 3. The zero-order valence-corrected chi connectivity index (χ0v) is 17.0. The van der Waals surface area contributed by atoms with Crippen LogP contribution in [0.2, 0.25) is 0 Å². The van der Waals surface area contributed by atoms with Crippen LogP contribution in [0.3, 0.4) is 0 Å². The molecule has 0 bridgehead atoms. The molecule has 0 unspecified atom stereocenters. The Kier molecular flexibility index (Phi) is 7.28. The topological polar surface area (TPSA) is 75.9 Å². The van der Waals surface area contributed by atoms with Gasteiger partial charge in [0, 0.05) is 0 Å². The van der Waals surface area contributed by atoms with Gasteiger partial charge in [-0.3, -0.25) is 0 Å². The third-order valence-electron chi connectivity index (χ3n) is 4.38. The van der Waals surface area contributed by atoms with E-state index in [1.807, 2.05) is 54.6 Å². The Morgan fingerprint density at radius 3 is 2.43 bits per heavy atom. The smallest absolute Gasteiger partial charge is 0.161 e. The van der Waals surface area contributed by atoms with E-state index in [4.69, 9.17) is 19.5 Å². The number of nitrogens with zero attached hydrogens (tertiary/aromatic N) is 2. The van der Waals surface area contributed by atoms with Gasteiger partial charge in [-0.1, -0.05) is 30.3 Å². The van der Waals surface area contributed by atoms with Crippen LogP contribution in [0.1, 0.15) is 22.3 Å². The third kappa shape index (κ3) is 5.76. The average molecular weight is 401 g/mol. The van der Waals surface area contributed by atoms with Crippen molar-refractivity contribution in [2.75, 3.05) is 14.2 Å². The van der Waals surface area contributed by atoms with Crippen molar-refractivity contribution in [3.63, 3.8) is 0 Å². The average Bonchev–Trinajstić information content (AvgIpc) is 2.81. The van der Waals surface area contributed by atoms with Crippen LogP contribution in [0, 0.1) is 11.3 Å². The molecule has 0 aliphatic heterocycles. The van der Waals surface area contributed by atoms with E-state index in [2.05, 4.69) is 16.6 Å². The molecule has 0 saturated heterocycles. The minimum Gasteiger partial charge on any atom is -0.493 e. The van der Waals surface area contributed by atoms with E-state index < -0.39 is 0 Å². The molecule has 30 heavy (non-hydrogen) atoms. The van der Waals surface area contributed by atoms with Crippen LogP contribution >= 0.6 is 0 Å². The summed E-state index contributed by atoms with van der Waals surface area (Å²) in [7, 11) is 3.23. The Bertz CT molecular complexity index is 1040. The van der Waals surface area contributed by atoms with Crippen LogP contribution in [0.25, 0.3) is 0 Å². The van der Waals surface area contributed by atoms with Gasteiger partial charge in [-0.05, 0) is 53.1 Å². The number of nitrogens with one attached hydrogen (secondary N) is 1. The van der Waals surface area contributed by atoms with E-state index in [1.165, 1.54) is 0 Å².